The summed E-state index contributed by atoms with van der Waals surface area (Å²) in [7, 11) is 0. The smallest absolute Gasteiger partial charge is 0.346 e. The van der Waals surface area contributed by atoms with Gasteiger partial charge in [0.25, 0.3) is 0 Å². The number of hydrogen-bond acceptors (Lipinski definition) is 5. The molecule has 19 heavy (non-hydrogen) atoms. The summed E-state index contributed by atoms with van der Waals surface area (Å²) in [5.74, 6) is -1.11. The lowest BCUT2D eigenvalue weighted by Crippen LogP contribution is -2.46. The molecular formula is C14H22O5. The molecule has 0 unspecified atom stereocenters. The van der Waals surface area contributed by atoms with Crippen molar-refractivity contribution in [2.45, 2.75) is 63.6 Å². The maximum absolute atomic E-state index is 12.2. The Kier molecular flexibility index (Phi) is 4.26. The maximum Gasteiger partial charge on any atom is 0.346 e. The molecule has 2 fully saturated rings. The van der Waals surface area contributed by atoms with E-state index >= 15 is 0 Å². The van der Waals surface area contributed by atoms with Crippen molar-refractivity contribution in [3.8, 4) is 0 Å². The van der Waals surface area contributed by atoms with Gasteiger partial charge in [-0.05, 0) is 38.5 Å². The van der Waals surface area contributed by atoms with Crippen LogP contribution in [0.25, 0.3) is 0 Å². The van der Waals surface area contributed by atoms with Crippen molar-refractivity contribution in [3.63, 3.8) is 0 Å². The van der Waals surface area contributed by atoms with Crippen LogP contribution in [0, 0.1) is 0 Å². The molecule has 5 heteroatoms. The quantitative estimate of drug-likeness (QED) is 0.577. The molecule has 0 aromatic rings. The molecule has 2 aliphatic heterocycles. The van der Waals surface area contributed by atoms with Crippen molar-refractivity contribution in [1.29, 1.82) is 0 Å². The van der Waals surface area contributed by atoms with E-state index in [4.69, 9.17) is 14.2 Å². The number of ether oxygens (including phenoxy) is 3. The molecular weight excluding hydrogens is 248 g/mol. The van der Waals surface area contributed by atoms with E-state index in [1.54, 1.807) is 0 Å². The minimum atomic E-state index is -0.927. The largest absolute Gasteiger partial charge is 0.389 e. The summed E-state index contributed by atoms with van der Waals surface area (Å²) in [5.41, 5.74) is -1.85. The predicted octanol–water partition coefficient (Wildman–Crippen LogP) is 1.97. The molecule has 0 aliphatic carbocycles. The number of esters is 2. The normalized spacial score (nSPS) is 34.4. The first-order chi connectivity index (χ1) is 9.08. The van der Waals surface area contributed by atoms with Gasteiger partial charge in [-0.2, -0.15) is 0 Å². The molecule has 2 aliphatic rings. The van der Waals surface area contributed by atoms with Crippen LogP contribution in [0.1, 0.15) is 52.4 Å². The second-order valence-corrected chi connectivity index (χ2v) is 5.28. The van der Waals surface area contributed by atoms with E-state index in [0.29, 0.717) is 38.9 Å². The molecule has 0 aromatic heterocycles. The van der Waals surface area contributed by atoms with Gasteiger partial charge < -0.3 is 14.2 Å². The lowest BCUT2D eigenvalue weighted by atomic mass is 9.95. The topological polar surface area (TPSA) is 61.8 Å². The fraction of sp³-hybridized carbons (Fsp3) is 0.857. The van der Waals surface area contributed by atoms with E-state index in [2.05, 4.69) is 0 Å². The van der Waals surface area contributed by atoms with Crippen LogP contribution in [-0.2, 0) is 23.8 Å². The van der Waals surface area contributed by atoms with Crippen molar-refractivity contribution >= 4 is 11.9 Å². The average Bonchev–Trinajstić information content (AvgIpc) is 3.09. The highest BCUT2D eigenvalue weighted by Gasteiger charge is 2.48. The zero-order valence-electron chi connectivity index (χ0n) is 11.7. The van der Waals surface area contributed by atoms with Crippen molar-refractivity contribution in [3.05, 3.63) is 0 Å². The first-order valence-corrected chi connectivity index (χ1v) is 7.13. The second-order valence-electron chi connectivity index (χ2n) is 5.28. The Morgan fingerprint density at radius 3 is 1.63 bits per heavy atom. The van der Waals surface area contributed by atoms with Gasteiger partial charge in [0, 0.05) is 13.2 Å². The molecule has 0 amide bonds. The summed E-state index contributed by atoms with van der Waals surface area (Å²) in [6.07, 6.45) is 3.95. The Morgan fingerprint density at radius 2 is 1.37 bits per heavy atom. The van der Waals surface area contributed by atoms with Crippen LogP contribution in [0.5, 0.6) is 0 Å². The summed E-state index contributed by atoms with van der Waals surface area (Å²) >= 11 is 0. The van der Waals surface area contributed by atoms with Crippen molar-refractivity contribution in [1.82, 2.24) is 0 Å². The molecule has 0 aromatic carbocycles. The number of rotatable bonds is 4. The first kappa shape index (κ1) is 14.5. The molecule has 0 spiro atoms. The summed E-state index contributed by atoms with van der Waals surface area (Å²) in [6, 6.07) is 0. The van der Waals surface area contributed by atoms with Gasteiger partial charge in [0.15, 0.2) is 11.2 Å². The number of carbonyl (C=O) groups is 2. The van der Waals surface area contributed by atoms with E-state index in [-0.39, 0.29) is 0 Å². The Balaban J connectivity index is 2.04. The summed E-state index contributed by atoms with van der Waals surface area (Å²) in [5, 5.41) is 0. The van der Waals surface area contributed by atoms with Gasteiger partial charge >= 0.3 is 11.9 Å². The molecule has 5 nitrogen and oxygen atoms in total. The highest BCUT2D eigenvalue weighted by Crippen LogP contribution is 2.34. The fourth-order valence-corrected chi connectivity index (χ4v) is 2.83. The van der Waals surface area contributed by atoms with E-state index in [0.717, 1.165) is 12.8 Å². The van der Waals surface area contributed by atoms with E-state index in [9.17, 15) is 9.59 Å². The monoisotopic (exact) mass is 270 g/mol. The SMILES string of the molecule is CC[C@]1(C(=O)OC(=O)[C@@]2(CC)CCCO2)CCCO1. The highest BCUT2D eigenvalue weighted by atomic mass is 16.6. The molecule has 108 valence electrons. The molecule has 0 N–H and O–H groups in total. The van der Waals surface area contributed by atoms with Crippen molar-refractivity contribution in [2.75, 3.05) is 13.2 Å². The Bertz CT molecular complexity index is 317. The highest BCUT2D eigenvalue weighted by molar-refractivity contribution is 5.94. The van der Waals surface area contributed by atoms with Crippen LogP contribution in [0.3, 0.4) is 0 Å². The standard InChI is InChI=1S/C14H22O5/c1-3-13(7-5-9-17-13)11(15)19-12(16)14(4-2)8-6-10-18-14/h3-10H2,1-2H3/t13-,14-/m1/s1. The minimum absolute atomic E-state index is 0.527. The third-order valence-electron chi connectivity index (χ3n) is 4.28. The third-order valence-corrected chi connectivity index (χ3v) is 4.28. The van der Waals surface area contributed by atoms with Gasteiger partial charge in [-0.15, -0.1) is 0 Å². The Hall–Kier alpha value is -0.940. The second kappa shape index (κ2) is 5.59. The van der Waals surface area contributed by atoms with Gasteiger partial charge in [-0.1, -0.05) is 13.8 Å². The molecule has 2 heterocycles. The van der Waals surface area contributed by atoms with E-state index in [1.807, 2.05) is 13.8 Å². The molecule has 0 radical (unpaired) electrons. The van der Waals surface area contributed by atoms with Gasteiger partial charge in [0.1, 0.15) is 0 Å². The van der Waals surface area contributed by atoms with Crippen LogP contribution >= 0.6 is 0 Å². The Labute approximate surface area is 113 Å². The van der Waals surface area contributed by atoms with Crippen LogP contribution in [0.15, 0.2) is 0 Å². The fourth-order valence-electron chi connectivity index (χ4n) is 2.83. The van der Waals surface area contributed by atoms with Gasteiger partial charge in [0.05, 0.1) is 0 Å². The summed E-state index contributed by atoms with van der Waals surface area (Å²) in [4.78, 5) is 24.4. The molecule has 2 saturated heterocycles. The van der Waals surface area contributed by atoms with Crippen molar-refractivity contribution < 1.29 is 23.8 Å². The Morgan fingerprint density at radius 1 is 0.947 bits per heavy atom. The zero-order chi connectivity index (χ0) is 13.9. The lowest BCUT2D eigenvalue weighted by Gasteiger charge is -2.28. The predicted molar refractivity (Wildman–Crippen MR) is 67.5 cm³/mol. The molecule has 0 saturated carbocycles. The van der Waals surface area contributed by atoms with E-state index in [1.165, 1.54) is 0 Å². The van der Waals surface area contributed by atoms with Gasteiger partial charge in [0.2, 0.25) is 0 Å². The number of hydrogen-bond donors (Lipinski definition) is 0. The van der Waals surface area contributed by atoms with Crippen LogP contribution in [0.2, 0.25) is 0 Å². The molecule has 2 atom stereocenters. The first-order valence-electron chi connectivity index (χ1n) is 7.13. The molecule has 2 rings (SSSR count). The third kappa shape index (κ3) is 2.54. The van der Waals surface area contributed by atoms with Gasteiger partial charge in [-0.3, -0.25) is 0 Å². The minimum Gasteiger partial charge on any atom is -0.389 e. The van der Waals surface area contributed by atoms with Crippen molar-refractivity contribution in [2.24, 2.45) is 0 Å². The van der Waals surface area contributed by atoms with Crippen LogP contribution in [0.4, 0.5) is 0 Å². The van der Waals surface area contributed by atoms with E-state index < -0.39 is 23.1 Å². The van der Waals surface area contributed by atoms with Gasteiger partial charge in [-0.25, -0.2) is 9.59 Å². The number of carbonyl (C=O) groups excluding carboxylic acids is 2. The summed E-state index contributed by atoms with van der Waals surface area (Å²) in [6.45, 7) is 4.84. The average molecular weight is 270 g/mol. The lowest BCUT2D eigenvalue weighted by molar-refractivity contribution is -0.187. The molecule has 0 bridgehead atoms. The maximum atomic E-state index is 12.2. The van der Waals surface area contributed by atoms with Crippen LogP contribution in [-0.4, -0.2) is 36.4 Å². The zero-order valence-corrected chi connectivity index (χ0v) is 11.7. The summed E-state index contributed by atoms with van der Waals surface area (Å²) < 4.78 is 16.1. The van der Waals surface area contributed by atoms with Crippen LogP contribution < -0.4 is 0 Å².